The molecule has 1 aliphatic heterocycles. The van der Waals surface area contributed by atoms with Crippen molar-refractivity contribution in [3.05, 3.63) is 35.4 Å². The molecule has 0 aliphatic carbocycles. The lowest BCUT2D eigenvalue weighted by atomic mass is 9.95. The lowest BCUT2D eigenvalue weighted by Crippen LogP contribution is -2.42. The van der Waals surface area contributed by atoms with Gasteiger partial charge in [-0.1, -0.05) is 12.1 Å². The first kappa shape index (κ1) is 16.0. The molecule has 1 heterocycles. The second-order valence-electron chi connectivity index (χ2n) is 5.55. The molecule has 1 atom stereocenters. The second-order valence-corrected chi connectivity index (χ2v) is 5.55. The number of likely N-dealkylation sites (tertiary alicyclic amines) is 1. The van der Waals surface area contributed by atoms with Gasteiger partial charge in [-0.05, 0) is 30.5 Å². The van der Waals surface area contributed by atoms with Crippen molar-refractivity contribution in [1.29, 1.82) is 0 Å². The number of nitrogens with zero attached hydrogens (tertiary/aromatic N) is 1. The number of aromatic carboxylic acids is 1. The Morgan fingerprint density at radius 3 is 2.59 bits per heavy atom. The van der Waals surface area contributed by atoms with Crippen LogP contribution in [0, 0.1) is 5.92 Å². The van der Waals surface area contributed by atoms with E-state index in [1.807, 2.05) is 0 Å². The van der Waals surface area contributed by atoms with Crippen LogP contribution >= 0.6 is 0 Å². The molecule has 0 spiro atoms. The number of hydrogen-bond donors (Lipinski definition) is 2. The molecular weight excluding hydrogens is 284 g/mol. The minimum absolute atomic E-state index is 0.00987. The maximum absolute atomic E-state index is 12.0. The summed E-state index contributed by atoms with van der Waals surface area (Å²) in [5, 5.41) is 11.7. The van der Waals surface area contributed by atoms with Crippen molar-refractivity contribution in [2.75, 3.05) is 20.1 Å². The fraction of sp³-hybridized carbons (Fsp3) is 0.438. The molecule has 0 saturated carbocycles. The van der Waals surface area contributed by atoms with E-state index < -0.39 is 5.97 Å². The molecule has 118 valence electrons. The molecule has 0 radical (unpaired) electrons. The van der Waals surface area contributed by atoms with Crippen molar-refractivity contribution >= 4 is 17.8 Å². The van der Waals surface area contributed by atoms with Gasteiger partial charge < -0.3 is 15.3 Å². The molecule has 1 unspecified atom stereocenters. The maximum atomic E-state index is 12.0. The van der Waals surface area contributed by atoms with E-state index in [1.165, 1.54) is 0 Å². The Bertz CT molecular complexity index is 568. The largest absolute Gasteiger partial charge is 0.478 e. The van der Waals surface area contributed by atoms with E-state index in [9.17, 15) is 14.4 Å². The maximum Gasteiger partial charge on any atom is 0.335 e. The highest BCUT2D eigenvalue weighted by atomic mass is 16.4. The van der Waals surface area contributed by atoms with E-state index >= 15 is 0 Å². The van der Waals surface area contributed by atoms with Crippen molar-refractivity contribution in [2.45, 2.75) is 19.3 Å². The molecule has 1 aromatic carbocycles. The number of carboxylic acids is 1. The Kier molecular flexibility index (Phi) is 5.14. The molecule has 0 aromatic heterocycles. The monoisotopic (exact) mass is 304 g/mol. The number of carbonyl (C=O) groups excluding carboxylic acids is 2. The smallest absolute Gasteiger partial charge is 0.335 e. The lowest BCUT2D eigenvalue weighted by molar-refractivity contribution is -0.139. The molecule has 1 saturated heterocycles. The molecule has 1 fully saturated rings. The Morgan fingerprint density at radius 2 is 2.00 bits per heavy atom. The minimum Gasteiger partial charge on any atom is -0.478 e. The third-order valence-electron chi connectivity index (χ3n) is 3.94. The molecule has 2 N–H and O–H groups in total. The number of rotatable bonds is 5. The Hall–Kier alpha value is -2.37. The van der Waals surface area contributed by atoms with Crippen LogP contribution in [0.3, 0.4) is 0 Å². The molecule has 2 amide bonds. The van der Waals surface area contributed by atoms with Crippen LogP contribution in [0.5, 0.6) is 0 Å². The summed E-state index contributed by atoms with van der Waals surface area (Å²) in [5.74, 6) is -1.26. The molecule has 0 bridgehead atoms. The summed E-state index contributed by atoms with van der Waals surface area (Å²) in [6.07, 6.45) is 1.60. The van der Waals surface area contributed by atoms with Gasteiger partial charge in [-0.2, -0.15) is 0 Å². The quantitative estimate of drug-likeness (QED) is 0.846. The number of hydrogen-bond acceptors (Lipinski definition) is 3. The summed E-state index contributed by atoms with van der Waals surface area (Å²) < 4.78 is 0. The van der Waals surface area contributed by atoms with Crippen molar-refractivity contribution in [3.8, 4) is 0 Å². The molecule has 22 heavy (non-hydrogen) atoms. The van der Waals surface area contributed by atoms with Gasteiger partial charge in [0.2, 0.25) is 11.8 Å². The normalized spacial score (nSPS) is 18.1. The summed E-state index contributed by atoms with van der Waals surface area (Å²) in [7, 11) is 1.75. The SMILES string of the molecule is CN1CCC(C(=O)NCCc2ccc(C(=O)O)cc2)CC1=O. The van der Waals surface area contributed by atoms with Gasteiger partial charge in [0.1, 0.15) is 0 Å². The Labute approximate surface area is 129 Å². The summed E-state index contributed by atoms with van der Waals surface area (Å²) in [5.41, 5.74) is 1.21. The standard InChI is InChI=1S/C16H20N2O4/c1-18-9-7-13(10-14(18)19)15(20)17-8-6-11-2-4-12(5-3-11)16(21)22/h2-5,13H,6-10H2,1H3,(H,17,20)(H,21,22). The highest BCUT2D eigenvalue weighted by molar-refractivity contribution is 5.87. The number of carboxylic acid groups (broad SMARTS) is 1. The van der Waals surface area contributed by atoms with Crippen LogP contribution in [-0.4, -0.2) is 47.9 Å². The van der Waals surface area contributed by atoms with Gasteiger partial charge in [0.05, 0.1) is 5.56 Å². The molecule has 6 heteroatoms. The van der Waals surface area contributed by atoms with Crippen LogP contribution in [0.25, 0.3) is 0 Å². The second kappa shape index (κ2) is 7.06. The lowest BCUT2D eigenvalue weighted by Gasteiger charge is -2.27. The average molecular weight is 304 g/mol. The zero-order valence-corrected chi connectivity index (χ0v) is 12.5. The third-order valence-corrected chi connectivity index (χ3v) is 3.94. The van der Waals surface area contributed by atoms with Gasteiger partial charge in [-0.25, -0.2) is 4.79 Å². The van der Waals surface area contributed by atoms with Gasteiger partial charge >= 0.3 is 5.97 Å². The van der Waals surface area contributed by atoms with Crippen LogP contribution in [-0.2, 0) is 16.0 Å². The molecule has 1 aromatic rings. The zero-order valence-electron chi connectivity index (χ0n) is 12.5. The topological polar surface area (TPSA) is 86.7 Å². The first-order valence-corrected chi connectivity index (χ1v) is 7.31. The predicted octanol–water partition coefficient (Wildman–Crippen LogP) is 0.912. The highest BCUT2D eigenvalue weighted by Gasteiger charge is 2.28. The van der Waals surface area contributed by atoms with Gasteiger partial charge in [0.25, 0.3) is 0 Å². The van der Waals surface area contributed by atoms with Crippen LogP contribution in [0.15, 0.2) is 24.3 Å². The van der Waals surface area contributed by atoms with E-state index in [0.717, 1.165) is 5.56 Å². The minimum atomic E-state index is -0.952. The van der Waals surface area contributed by atoms with Crippen molar-refractivity contribution in [3.63, 3.8) is 0 Å². The first-order chi connectivity index (χ1) is 10.5. The van der Waals surface area contributed by atoms with Gasteiger partial charge in [-0.3, -0.25) is 9.59 Å². The van der Waals surface area contributed by atoms with E-state index in [0.29, 0.717) is 25.9 Å². The molecule has 2 rings (SSSR count). The van der Waals surface area contributed by atoms with Crippen LogP contribution in [0.2, 0.25) is 0 Å². The number of carbonyl (C=O) groups is 3. The fourth-order valence-corrected chi connectivity index (χ4v) is 2.46. The zero-order chi connectivity index (χ0) is 16.1. The molecule has 1 aliphatic rings. The van der Waals surface area contributed by atoms with Crippen LogP contribution in [0.4, 0.5) is 0 Å². The Morgan fingerprint density at radius 1 is 1.32 bits per heavy atom. The van der Waals surface area contributed by atoms with Gasteiger partial charge in [0, 0.05) is 32.5 Å². The summed E-state index contributed by atoms with van der Waals surface area (Å²) in [6.45, 7) is 1.10. The van der Waals surface area contributed by atoms with Crippen molar-refractivity contribution in [2.24, 2.45) is 5.92 Å². The number of amides is 2. The van der Waals surface area contributed by atoms with E-state index in [4.69, 9.17) is 5.11 Å². The number of piperidine rings is 1. The third kappa shape index (κ3) is 4.07. The predicted molar refractivity (Wildman–Crippen MR) is 80.5 cm³/mol. The van der Waals surface area contributed by atoms with E-state index in [1.54, 1.807) is 36.2 Å². The number of benzene rings is 1. The first-order valence-electron chi connectivity index (χ1n) is 7.31. The molecular formula is C16H20N2O4. The van der Waals surface area contributed by atoms with Gasteiger partial charge in [-0.15, -0.1) is 0 Å². The van der Waals surface area contributed by atoms with Crippen LogP contribution in [0.1, 0.15) is 28.8 Å². The van der Waals surface area contributed by atoms with Crippen molar-refractivity contribution < 1.29 is 19.5 Å². The van der Waals surface area contributed by atoms with E-state index in [2.05, 4.69) is 5.32 Å². The molecule has 6 nitrogen and oxygen atoms in total. The fourth-order valence-electron chi connectivity index (χ4n) is 2.46. The summed E-state index contributed by atoms with van der Waals surface area (Å²) in [6, 6.07) is 6.59. The van der Waals surface area contributed by atoms with Crippen LogP contribution < -0.4 is 5.32 Å². The Balaban J connectivity index is 1.77. The highest BCUT2D eigenvalue weighted by Crippen LogP contribution is 2.17. The summed E-state index contributed by atoms with van der Waals surface area (Å²) >= 11 is 0. The van der Waals surface area contributed by atoms with Crippen molar-refractivity contribution in [1.82, 2.24) is 10.2 Å². The average Bonchev–Trinajstić information content (AvgIpc) is 2.50. The number of nitrogens with one attached hydrogen (secondary N) is 1. The van der Waals surface area contributed by atoms with Gasteiger partial charge in [0.15, 0.2) is 0 Å². The van der Waals surface area contributed by atoms with E-state index in [-0.39, 0.29) is 29.7 Å². The summed E-state index contributed by atoms with van der Waals surface area (Å²) in [4.78, 5) is 36.0.